The highest BCUT2D eigenvalue weighted by atomic mass is 16.1. The first-order valence-electron chi connectivity index (χ1n) is 6.11. The van der Waals surface area contributed by atoms with Crippen LogP contribution in [0, 0.1) is 0 Å². The van der Waals surface area contributed by atoms with E-state index in [1.54, 1.807) is 6.08 Å². The molecule has 0 atom stereocenters. The van der Waals surface area contributed by atoms with E-state index in [1.807, 2.05) is 54.6 Å². The van der Waals surface area contributed by atoms with Crippen molar-refractivity contribution in [2.45, 2.75) is 6.54 Å². The van der Waals surface area contributed by atoms with Crippen molar-refractivity contribution in [2.75, 3.05) is 5.32 Å². The third kappa shape index (κ3) is 4.08. The fourth-order valence-electron chi connectivity index (χ4n) is 1.70. The van der Waals surface area contributed by atoms with Crippen LogP contribution in [0.4, 0.5) is 5.69 Å². The van der Waals surface area contributed by atoms with E-state index >= 15 is 0 Å². The average Bonchev–Trinajstić information content (AvgIpc) is 2.46. The Labute approximate surface area is 112 Å². The standard InChI is InChI=1S/C16H16N2O/c17-12-14-7-4-8-15(11-14)18-16(19)10-9-13-5-2-1-3-6-13/h1-11H,12,17H2,(H,18,19). The molecular weight excluding hydrogens is 236 g/mol. The first kappa shape index (κ1) is 13.1. The predicted molar refractivity (Wildman–Crippen MR) is 78.4 cm³/mol. The Morgan fingerprint density at radius 1 is 1.11 bits per heavy atom. The zero-order chi connectivity index (χ0) is 13.5. The lowest BCUT2D eigenvalue weighted by molar-refractivity contribution is -0.111. The molecule has 2 rings (SSSR count). The minimum absolute atomic E-state index is 0.155. The second-order valence-corrected chi connectivity index (χ2v) is 4.14. The third-order valence-corrected chi connectivity index (χ3v) is 2.66. The van der Waals surface area contributed by atoms with Crippen molar-refractivity contribution in [1.29, 1.82) is 0 Å². The number of rotatable bonds is 4. The summed E-state index contributed by atoms with van der Waals surface area (Å²) in [6.45, 7) is 0.462. The second-order valence-electron chi connectivity index (χ2n) is 4.14. The molecule has 3 nitrogen and oxygen atoms in total. The molecule has 2 aromatic rings. The number of amides is 1. The zero-order valence-corrected chi connectivity index (χ0v) is 10.5. The van der Waals surface area contributed by atoms with Crippen LogP contribution in [0.1, 0.15) is 11.1 Å². The molecule has 0 fully saturated rings. The Morgan fingerprint density at radius 3 is 2.63 bits per heavy atom. The van der Waals surface area contributed by atoms with E-state index in [0.29, 0.717) is 6.54 Å². The van der Waals surface area contributed by atoms with Crippen LogP contribution >= 0.6 is 0 Å². The monoisotopic (exact) mass is 252 g/mol. The van der Waals surface area contributed by atoms with Gasteiger partial charge in [0.15, 0.2) is 0 Å². The molecular formula is C16H16N2O. The Balaban J connectivity index is 1.99. The van der Waals surface area contributed by atoms with E-state index in [9.17, 15) is 4.79 Å². The van der Waals surface area contributed by atoms with Crippen molar-refractivity contribution in [1.82, 2.24) is 0 Å². The van der Waals surface area contributed by atoms with Crippen molar-refractivity contribution in [3.63, 3.8) is 0 Å². The van der Waals surface area contributed by atoms with Crippen LogP contribution < -0.4 is 11.1 Å². The topological polar surface area (TPSA) is 55.1 Å². The van der Waals surface area contributed by atoms with Crippen LogP contribution in [0.25, 0.3) is 6.08 Å². The van der Waals surface area contributed by atoms with Crippen LogP contribution in [0.2, 0.25) is 0 Å². The number of hydrogen-bond acceptors (Lipinski definition) is 2. The van der Waals surface area contributed by atoms with E-state index < -0.39 is 0 Å². The Kier molecular flexibility index (Phi) is 4.48. The van der Waals surface area contributed by atoms with Gasteiger partial charge in [-0.05, 0) is 29.3 Å². The maximum Gasteiger partial charge on any atom is 0.248 e. The van der Waals surface area contributed by atoms with Gasteiger partial charge in [-0.3, -0.25) is 4.79 Å². The summed E-state index contributed by atoms with van der Waals surface area (Å²) in [7, 11) is 0. The highest BCUT2D eigenvalue weighted by Crippen LogP contribution is 2.10. The molecule has 0 unspecified atom stereocenters. The number of carbonyl (C=O) groups excluding carboxylic acids is 1. The van der Waals surface area contributed by atoms with Crippen molar-refractivity contribution >= 4 is 17.7 Å². The molecule has 1 amide bonds. The molecule has 3 N–H and O–H groups in total. The fourth-order valence-corrected chi connectivity index (χ4v) is 1.70. The number of benzene rings is 2. The Morgan fingerprint density at radius 2 is 1.89 bits per heavy atom. The number of nitrogens with two attached hydrogens (primary N) is 1. The quantitative estimate of drug-likeness (QED) is 0.822. The van der Waals surface area contributed by atoms with Crippen molar-refractivity contribution in [3.8, 4) is 0 Å². The van der Waals surface area contributed by atoms with E-state index in [0.717, 1.165) is 16.8 Å². The zero-order valence-electron chi connectivity index (χ0n) is 10.5. The van der Waals surface area contributed by atoms with E-state index in [2.05, 4.69) is 5.32 Å². The van der Waals surface area contributed by atoms with Crippen LogP contribution in [-0.4, -0.2) is 5.91 Å². The first-order chi connectivity index (χ1) is 9.28. The minimum atomic E-state index is -0.155. The van der Waals surface area contributed by atoms with Gasteiger partial charge in [0.05, 0.1) is 0 Å². The van der Waals surface area contributed by atoms with Gasteiger partial charge < -0.3 is 11.1 Å². The van der Waals surface area contributed by atoms with E-state index in [-0.39, 0.29) is 5.91 Å². The summed E-state index contributed by atoms with van der Waals surface area (Å²) < 4.78 is 0. The van der Waals surface area contributed by atoms with Gasteiger partial charge >= 0.3 is 0 Å². The lowest BCUT2D eigenvalue weighted by Gasteiger charge is -2.04. The highest BCUT2D eigenvalue weighted by molar-refractivity contribution is 6.01. The van der Waals surface area contributed by atoms with E-state index in [1.165, 1.54) is 6.08 Å². The molecule has 2 aromatic carbocycles. The molecule has 0 spiro atoms. The summed E-state index contributed by atoms with van der Waals surface area (Å²) in [5.74, 6) is -0.155. The molecule has 19 heavy (non-hydrogen) atoms. The molecule has 96 valence electrons. The maximum absolute atomic E-state index is 11.8. The van der Waals surface area contributed by atoms with Crippen LogP contribution in [0.15, 0.2) is 60.7 Å². The number of carbonyl (C=O) groups is 1. The largest absolute Gasteiger partial charge is 0.326 e. The summed E-state index contributed by atoms with van der Waals surface area (Å²) >= 11 is 0. The molecule has 3 heteroatoms. The van der Waals surface area contributed by atoms with Gasteiger partial charge in [-0.25, -0.2) is 0 Å². The normalized spacial score (nSPS) is 10.6. The highest BCUT2D eigenvalue weighted by Gasteiger charge is 1.98. The first-order valence-corrected chi connectivity index (χ1v) is 6.11. The smallest absolute Gasteiger partial charge is 0.248 e. The Bertz CT molecular complexity index is 576. The Hall–Kier alpha value is -2.39. The fraction of sp³-hybridized carbons (Fsp3) is 0.0625. The van der Waals surface area contributed by atoms with Gasteiger partial charge in [-0.1, -0.05) is 42.5 Å². The molecule has 0 heterocycles. The number of nitrogens with one attached hydrogen (secondary N) is 1. The predicted octanol–water partition coefficient (Wildman–Crippen LogP) is 2.80. The van der Waals surface area contributed by atoms with Crippen LogP contribution in [0.5, 0.6) is 0 Å². The molecule has 0 saturated heterocycles. The molecule has 0 bridgehead atoms. The summed E-state index contributed by atoms with van der Waals surface area (Å²) in [5, 5.41) is 2.81. The molecule has 0 aromatic heterocycles. The van der Waals surface area contributed by atoms with Crippen molar-refractivity contribution in [3.05, 3.63) is 71.8 Å². The molecule has 0 aliphatic rings. The molecule has 0 radical (unpaired) electrons. The van der Waals surface area contributed by atoms with Crippen LogP contribution in [-0.2, 0) is 11.3 Å². The third-order valence-electron chi connectivity index (χ3n) is 2.66. The van der Waals surface area contributed by atoms with Gasteiger partial charge in [0.25, 0.3) is 0 Å². The van der Waals surface area contributed by atoms with Gasteiger partial charge in [0.1, 0.15) is 0 Å². The van der Waals surface area contributed by atoms with E-state index in [4.69, 9.17) is 5.73 Å². The minimum Gasteiger partial charge on any atom is -0.326 e. The van der Waals surface area contributed by atoms with Gasteiger partial charge in [-0.2, -0.15) is 0 Å². The molecule has 0 saturated carbocycles. The summed E-state index contributed by atoms with van der Waals surface area (Å²) in [6.07, 6.45) is 3.30. The number of anilines is 1. The average molecular weight is 252 g/mol. The molecule has 0 aliphatic heterocycles. The summed E-state index contributed by atoms with van der Waals surface area (Å²) in [4.78, 5) is 11.8. The maximum atomic E-state index is 11.8. The summed E-state index contributed by atoms with van der Waals surface area (Å²) in [5.41, 5.74) is 8.30. The molecule has 0 aliphatic carbocycles. The van der Waals surface area contributed by atoms with Crippen LogP contribution in [0.3, 0.4) is 0 Å². The SMILES string of the molecule is NCc1cccc(NC(=O)C=Cc2ccccc2)c1. The second kappa shape index (κ2) is 6.52. The van der Waals surface area contributed by atoms with Gasteiger partial charge in [-0.15, -0.1) is 0 Å². The van der Waals surface area contributed by atoms with Gasteiger partial charge in [0, 0.05) is 18.3 Å². The lowest BCUT2D eigenvalue weighted by Crippen LogP contribution is -2.08. The van der Waals surface area contributed by atoms with Gasteiger partial charge in [0.2, 0.25) is 5.91 Å². The summed E-state index contributed by atoms with van der Waals surface area (Å²) in [6, 6.07) is 17.2. The number of hydrogen-bond donors (Lipinski definition) is 2. The lowest BCUT2D eigenvalue weighted by atomic mass is 10.2. The van der Waals surface area contributed by atoms with Crippen molar-refractivity contribution in [2.24, 2.45) is 5.73 Å². The van der Waals surface area contributed by atoms with Crippen molar-refractivity contribution < 1.29 is 4.79 Å².